The van der Waals surface area contributed by atoms with Gasteiger partial charge in [-0.05, 0) is 56.9 Å². The second-order valence-corrected chi connectivity index (χ2v) is 9.03. The van der Waals surface area contributed by atoms with E-state index < -0.39 is 10.0 Å². The molecule has 0 unspecified atom stereocenters. The highest BCUT2D eigenvalue weighted by Gasteiger charge is 2.37. The van der Waals surface area contributed by atoms with Gasteiger partial charge in [0.25, 0.3) is 0 Å². The van der Waals surface area contributed by atoms with Crippen LogP contribution in [0, 0.1) is 6.92 Å². The van der Waals surface area contributed by atoms with Crippen LogP contribution in [0.5, 0.6) is 5.75 Å². The summed E-state index contributed by atoms with van der Waals surface area (Å²) in [6, 6.07) is 6.56. The number of hydrogen-bond acceptors (Lipinski definition) is 6. The van der Waals surface area contributed by atoms with Crippen LogP contribution in [0.15, 0.2) is 29.2 Å². The Labute approximate surface area is 159 Å². The molecular weight excluding hydrogens is 364 g/mol. The molecule has 1 aliphatic carbocycles. The summed E-state index contributed by atoms with van der Waals surface area (Å²) in [6.07, 6.45) is 4.30. The zero-order valence-electron chi connectivity index (χ0n) is 15.6. The molecule has 0 radical (unpaired) electrons. The molecule has 2 heterocycles. The first-order valence-corrected chi connectivity index (χ1v) is 10.7. The van der Waals surface area contributed by atoms with Crippen molar-refractivity contribution in [2.45, 2.75) is 43.5 Å². The zero-order chi connectivity index (χ0) is 19.0. The van der Waals surface area contributed by atoms with E-state index in [1.54, 1.807) is 31.4 Å². The summed E-state index contributed by atoms with van der Waals surface area (Å²) in [6.45, 7) is 2.78. The maximum absolute atomic E-state index is 12.7. The number of sulfonamides is 1. The number of fused-ring (bicyclic) bond motifs is 1. The van der Waals surface area contributed by atoms with Crippen LogP contribution < -0.4 is 10.1 Å². The number of rotatable bonds is 5. The molecule has 0 bridgehead atoms. The largest absolute Gasteiger partial charge is 0.497 e. The van der Waals surface area contributed by atoms with Gasteiger partial charge in [0.15, 0.2) is 0 Å². The number of aryl methyl sites for hydroxylation is 2. The van der Waals surface area contributed by atoms with Gasteiger partial charge in [0.05, 0.1) is 18.0 Å². The molecule has 0 atom stereocenters. The monoisotopic (exact) mass is 388 g/mol. The van der Waals surface area contributed by atoms with E-state index in [1.165, 1.54) is 16.3 Å². The minimum absolute atomic E-state index is 0.0679. The van der Waals surface area contributed by atoms with E-state index in [0.717, 1.165) is 36.6 Å². The molecule has 1 N–H and O–H groups in total. The molecule has 1 fully saturated rings. The molecule has 0 spiro atoms. The summed E-state index contributed by atoms with van der Waals surface area (Å²) >= 11 is 0. The van der Waals surface area contributed by atoms with Crippen LogP contribution in [0.25, 0.3) is 0 Å². The van der Waals surface area contributed by atoms with Gasteiger partial charge in [-0.3, -0.25) is 0 Å². The van der Waals surface area contributed by atoms with Gasteiger partial charge in [0.2, 0.25) is 10.0 Å². The molecule has 1 aromatic heterocycles. The maximum atomic E-state index is 12.7. The summed E-state index contributed by atoms with van der Waals surface area (Å²) in [4.78, 5) is 9.42. The lowest BCUT2D eigenvalue weighted by Crippen LogP contribution is -2.57. The molecule has 2 aliphatic rings. The fraction of sp³-hybridized carbons (Fsp3) is 0.474. The van der Waals surface area contributed by atoms with Crippen molar-refractivity contribution in [1.29, 1.82) is 0 Å². The van der Waals surface area contributed by atoms with Gasteiger partial charge in [-0.15, -0.1) is 0 Å². The first kappa shape index (κ1) is 18.2. The third kappa shape index (κ3) is 3.51. The molecule has 0 saturated carbocycles. The van der Waals surface area contributed by atoms with E-state index in [1.807, 2.05) is 6.92 Å². The van der Waals surface area contributed by atoms with Crippen molar-refractivity contribution >= 4 is 15.8 Å². The van der Waals surface area contributed by atoms with Crippen LogP contribution in [-0.2, 0) is 22.9 Å². The fourth-order valence-corrected chi connectivity index (χ4v) is 5.18. The third-order valence-electron chi connectivity index (χ3n) is 5.18. The first-order valence-electron chi connectivity index (χ1n) is 9.24. The smallest absolute Gasteiger partial charge is 0.243 e. The summed E-state index contributed by atoms with van der Waals surface area (Å²) in [5.74, 6) is 2.28. The van der Waals surface area contributed by atoms with Crippen LogP contribution >= 0.6 is 0 Å². The van der Waals surface area contributed by atoms with Crippen molar-refractivity contribution in [3.63, 3.8) is 0 Å². The van der Waals surface area contributed by atoms with Crippen molar-refractivity contribution in [3.05, 3.63) is 41.3 Å². The molecule has 4 rings (SSSR count). The Hall–Kier alpha value is -2.19. The number of ether oxygens (including phenoxy) is 1. The average molecular weight is 388 g/mol. The van der Waals surface area contributed by atoms with Gasteiger partial charge in [0, 0.05) is 24.3 Å². The Kier molecular flexibility index (Phi) is 4.77. The highest BCUT2D eigenvalue weighted by Crippen LogP contribution is 2.29. The Balaban J connectivity index is 1.44. The lowest BCUT2D eigenvalue weighted by Gasteiger charge is -2.39. The number of hydrogen-bond donors (Lipinski definition) is 1. The number of anilines is 1. The van der Waals surface area contributed by atoms with Crippen LogP contribution in [-0.4, -0.2) is 48.9 Å². The van der Waals surface area contributed by atoms with E-state index in [2.05, 4.69) is 15.3 Å². The van der Waals surface area contributed by atoms with Crippen LogP contribution in [0.2, 0.25) is 0 Å². The quantitative estimate of drug-likeness (QED) is 0.845. The third-order valence-corrected chi connectivity index (χ3v) is 7.03. The molecule has 7 nitrogen and oxygen atoms in total. The van der Waals surface area contributed by atoms with Crippen molar-refractivity contribution in [2.24, 2.45) is 0 Å². The first-order chi connectivity index (χ1) is 13.0. The standard InChI is InChI=1S/C19H24N4O3S/c1-13-20-18-6-4-3-5-17(18)19(21-13)22-14-11-23(12-14)27(24,25)16-9-7-15(26-2)8-10-16/h7-10,14H,3-6,11-12H2,1-2H3,(H,20,21,22). The van der Waals surface area contributed by atoms with Gasteiger partial charge in [-0.25, -0.2) is 18.4 Å². The van der Waals surface area contributed by atoms with Crippen molar-refractivity contribution < 1.29 is 13.2 Å². The second kappa shape index (κ2) is 7.09. The van der Waals surface area contributed by atoms with Gasteiger partial charge < -0.3 is 10.1 Å². The second-order valence-electron chi connectivity index (χ2n) is 7.09. The molecule has 27 heavy (non-hydrogen) atoms. The topological polar surface area (TPSA) is 84.4 Å². The van der Waals surface area contributed by atoms with E-state index in [9.17, 15) is 8.42 Å². The highest BCUT2D eigenvalue weighted by atomic mass is 32.2. The normalized spacial score (nSPS) is 17.9. The Morgan fingerprint density at radius 1 is 1.11 bits per heavy atom. The molecule has 1 saturated heterocycles. The SMILES string of the molecule is COc1ccc(S(=O)(=O)N2CC(Nc3nc(C)nc4c3CCCC4)C2)cc1. The van der Waals surface area contributed by atoms with Gasteiger partial charge in [-0.2, -0.15) is 4.31 Å². The Morgan fingerprint density at radius 3 is 2.52 bits per heavy atom. The van der Waals surface area contributed by atoms with Crippen molar-refractivity contribution in [3.8, 4) is 5.75 Å². The Bertz CT molecular complexity index is 938. The van der Waals surface area contributed by atoms with Gasteiger partial charge in [0.1, 0.15) is 17.4 Å². The maximum Gasteiger partial charge on any atom is 0.243 e. The van der Waals surface area contributed by atoms with Crippen LogP contribution in [0.3, 0.4) is 0 Å². The summed E-state index contributed by atoms with van der Waals surface area (Å²) < 4.78 is 32.0. The van der Waals surface area contributed by atoms with Crippen LogP contribution in [0.4, 0.5) is 5.82 Å². The fourth-order valence-electron chi connectivity index (χ4n) is 3.65. The number of nitrogens with one attached hydrogen (secondary N) is 1. The zero-order valence-corrected chi connectivity index (χ0v) is 16.4. The lowest BCUT2D eigenvalue weighted by molar-refractivity contribution is 0.280. The highest BCUT2D eigenvalue weighted by molar-refractivity contribution is 7.89. The van der Waals surface area contributed by atoms with Crippen molar-refractivity contribution in [1.82, 2.24) is 14.3 Å². The minimum Gasteiger partial charge on any atom is -0.497 e. The summed E-state index contributed by atoms with van der Waals surface area (Å²) in [5.41, 5.74) is 2.33. The number of aromatic nitrogens is 2. The molecule has 0 amide bonds. The number of nitrogens with zero attached hydrogens (tertiary/aromatic N) is 3. The number of methoxy groups -OCH3 is 1. The van der Waals surface area contributed by atoms with Gasteiger partial charge in [-0.1, -0.05) is 0 Å². The van der Waals surface area contributed by atoms with E-state index in [-0.39, 0.29) is 10.9 Å². The van der Waals surface area contributed by atoms with E-state index >= 15 is 0 Å². The molecular formula is C19H24N4O3S. The number of benzene rings is 1. The van der Waals surface area contributed by atoms with Crippen LogP contribution in [0.1, 0.15) is 29.9 Å². The molecule has 144 valence electrons. The lowest BCUT2D eigenvalue weighted by atomic mass is 9.96. The van der Waals surface area contributed by atoms with Gasteiger partial charge >= 0.3 is 0 Å². The molecule has 1 aliphatic heterocycles. The molecule has 8 heteroatoms. The predicted octanol–water partition coefficient (Wildman–Crippen LogP) is 2.16. The Morgan fingerprint density at radius 2 is 1.81 bits per heavy atom. The minimum atomic E-state index is -3.47. The summed E-state index contributed by atoms with van der Waals surface area (Å²) in [5, 5.41) is 3.44. The molecule has 1 aromatic carbocycles. The van der Waals surface area contributed by atoms with Crippen molar-refractivity contribution in [2.75, 3.05) is 25.5 Å². The average Bonchev–Trinajstić information content (AvgIpc) is 2.63. The van der Waals surface area contributed by atoms with E-state index in [0.29, 0.717) is 18.8 Å². The predicted molar refractivity (Wildman–Crippen MR) is 103 cm³/mol. The summed E-state index contributed by atoms with van der Waals surface area (Å²) in [7, 11) is -1.91. The molecule has 2 aromatic rings. The van der Waals surface area contributed by atoms with E-state index in [4.69, 9.17) is 4.74 Å².